The third-order valence-electron chi connectivity index (χ3n) is 7.44. The number of nitrogens with zero attached hydrogens (tertiary/aromatic N) is 2. The molecule has 4 nitrogen and oxygen atoms in total. The Hall–Kier alpha value is -1.81. The summed E-state index contributed by atoms with van der Waals surface area (Å²) in [5, 5.41) is 1.35. The minimum Gasteiger partial charge on any atom is -0.467 e. The van der Waals surface area contributed by atoms with Crippen molar-refractivity contribution in [2.45, 2.75) is 64.0 Å². The zero-order chi connectivity index (χ0) is 18.6. The van der Waals surface area contributed by atoms with Crippen LogP contribution in [0.3, 0.4) is 0 Å². The van der Waals surface area contributed by atoms with Gasteiger partial charge in [0.05, 0.1) is 13.2 Å². The molecular formula is C23H30N2O2. The molecule has 144 valence electrons. The number of piperidine rings is 1. The fourth-order valence-corrected chi connectivity index (χ4v) is 6.40. The molecule has 1 fully saturated rings. The number of unbranched alkanes of at least 4 members (excludes halogenated alkanes) is 1. The number of esters is 1. The number of ether oxygens (including phenoxy) is 1. The summed E-state index contributed by atoms with van der Waals surface area (Å²) >= 11 is 0. The van der Waals surface area contributed by atoms with Crippen molar-refractivity contribution in [2.24, 2.45) is 5.41 Å². The first-order valence-corrected chi connectivity index (χ1v) is 10.6. The highest BCUT2D eigenvalue weighted by atomic mass is 16.5. The van der Waals surface area contributed by atoms with Gasteiger partial charge in [-0.1, -0.05) is 38.0 Å². The number of rotatable bonds is 4. The Bertz CT molecular complexity index is 886. The first-order chi connectivity index (χ1) is 13.2. The van der Waals surface area contributed by atoms with E-state index in [2.05, 4.69) is 40.7 Å². The van der Waals surface area contributed by atoms with Crippen molar-refractivity contribution in [2.75, 3.05) is 20.2 Å². The van der Waals surface area contributed by atoms with E-state index in [4.69, 9.17) is 4.74 Å². The molecule has 4 heterocycles. The van der Waals surface area contributed by atoms with Gasteiger partial charge in [0.1, 0.15) is 6.04 Å². The van der Waals surface area contributed by atoms with Gasteiger partial charge in [-0.25, -0.2) is 4.79 Å². The lowest BCUT2D eigenvalue weighted by molar-refractivity contribution is -0.149. The van der Waals surface area contributed by atoms with Crippen LogP contribution in [-0.4, -0.2) is 35.6 Å². The van der Waals surface area contributed by atoms with Crippen molar-refractivity contribution in [3.8, 4) is 0 Å². The summed E-state index contributed by atoms with van der Waals surface area (Å²) in [6.07, 6.45) is 8.19. The van der Waals surface area contributed by atoms with Crippen LogP contribution >= 0.6 is 0 Å². The fourth-order valence-electron chi connectivity index (χ4n) is 6.40. The van der Waals surface area contributed by atoms with E-state index in [1.54, 1.807) is 7.11 Å². The van der Waals surface area contributed by atoms with Crippen molar-refractivity contribution in [3.63, 3.8) is 0 Å². The monoisotopic (exact) mass is 366 g/mol. The summed E-state index contributed by atoms with van der Waals surface area (Å²) in [6, 6.07) is 8.95. The van der Waals surface area contributed by atoms with Gasteiger partial charge in [-0.15, -0.1) is 0 Å². The maximum atomic E-state index is 12.9. The Balaban J connectivity index is 1.78. The number of methoxy groups -OCH3 is 1. The van der Waals surface area contributed by atoms with E-state index in [1.165, 1.54) is 60.8 Å². The summed E-state index contributed by atoms with van der Waals surface area (Å²) in [5.74, 6) is -0.0735. The molecule has 27 heavy (non-hydrogen) atoms. The summed E-state index contributed by atoms with van der Waals surface area (Å²) in [4.78, 5) is 15.6. The second-order valence-electron chi connectivity index (χ2n) is 8.75. The molecule has 1 saturated heterocycles. The van der Waals surface area contributed by atoms with Crippen LogP contribution in [0.5, 0.6) is 0 Å². The summed E-state index contributed by atoms with van der Waals surface area (Å²) in [5.41, 5.74) is 4.35. The van der Waals surface area contributed by atoms with Gasteiger partial charge in [-0.3, -0.25) is 4.90 Å². The Morgan fingerprint density at radius 3 is 2.96 bits per heavy atom. The van der Waals surface area contributed by atoms with Crippen LogP contribution in [0.2, 0.25) is 0 Å². The Labute approximate surface area is 161 Å². The predicted octanol–water partition coefficient (Wildman–Crippen LogP) is 4.63. The molecule has 0 spiro atoms. The molecule has 0 bridgehead atoms. The minimum atomic E-state index is -0.185. The Kier molecular flexibility index (Phi) is 4.08. The van der Waals surface area contributed by atoms with E-state index < -0.39 is 0 Å². The number of carbonyl (C=O) groups is 1. The van der Waals surface area contributed by atoms with Crippen molar-refractivity contribution in [1.29, 1.82) is 0 Å². The highest BCUT2D eigenvalue weighted by Crippen LogP contribution is 2.60. The van der Waals surface area contributed by atoms with Gasteiger partial charge in [0.2, 0.25) is 0 Å². The highest BCUT2D eigenvalue weighted by Gasteiger charge is 2.54. The third kappa shape index (κ3) is 2.35. The summed E-state index contributed by atoms with van der Waals surface area (Å²) in [7, 11) is 1.54. The number of hydrogen-bond donors (Lipinski definition) is 0. The third-order valence-corrected chi connectivity index (χ3v) is 7.44. The Morgan fingerprint density at radius 2 is 2.15 bits per heavy atom. The second kappa shape index (κ2) is 6.37. The number of para-hydroxylation sites is 1. The lowest BCUT2D eigenvalue weighted by Gasteiger charge is -2.56. The zero-order valence-corrected chi connectivity index (χ0v) is 16.5. The number of benzene rings is 1. The van der Waals surface area contributed by atoms with Crippen LogP contribution in [0.1, 0.15) is 68.8 Å². The molecule has 5 rings (SSSR count). The molecule has 4 heteroatoms. The van der Waals surface area contributed by atoms with Crippen molar-refractivity contribution in [1.82, 2.24) is 9.47 Å². The Morgan fingerprint density at radius 1 is 1.30 bits per heavy atom. The average Bonchev–Trinajstić information content (AvgIpc) is 3.05. The molecule has 0 N–H and O–H groups in total. The minimum absolute atomic E-state index is 0.0735. The van der Waals surface area contributed by atoms with Crippen LogP contribution < -0.4 is 0 Å². The molecule has 0 radical (unpaired) electrons. The van der Waals surface area contributed by atoms with E-state index >= 15 is 0 Å². The number of fused-ring (bicyclic) bond motifs is 3. The van der Waals surface area contributed by atoms with Gasteiger partial charge in [0.15, 0.2) is 0 Å². The van der Waals surface area contributed by atoms with Gasteiger partial charge in [0, 0.05) is 23.1 Å². The lowest BCUT2D eigenvalue weighted by atomic mass is 9.62. The van der Waals surface area contributed by atoms with E-state index in [0.717, 1.165) is 19.4 Å². The first kappa shape index (κ1) is 17.3. The van der Waals surface area contributed by atoms with Gasteiger partial charge >= 0.3 is 5.97 Å². The molecule has 0 amide bonds. The van der Waals surface area contributed by atoms with Crippen LogP contribution in [0.25, 0.3) is 10.9 Å². The largest absolute Gasteiger partial charge is 0.467 e. The number of hydrogen-bond acceptors (Lipinski definition) is 3. The molecule has 0 aliphatic carbocycles. The van der Waals surface area contributed by atoms with Crippen LogP contribution in [0.4, 0.5) is 0 Å². The molecular weight excluding hydrogens is 336 g/mol. The van der Waals surface area contributed by atoms with Crippen LogP contribution in [0, 0.1) is 5.41 Å². The van der Waals surface area contributed by atoms with Gasteiger partial charge in [-0.2, -0.15) is 0 Å². The van der Waals surface area contributed by atoms with Crippen LogP contribution in [0.15, 0.2) is 24.3 Å². The highest BCUT2D eigenvalue weighted by molar-refractivity contribution is 5.89. The normalized spacial score (nSPS) is 29.6. The molecule has 1 aromatic carbocycles. The molecule has 3 atom stereocenters. The average molecular weight is 367 g/mol. The topological polar surface area (TPSA) is 34.5 Å². The predicted molar refractivity (Wildman–Crippen MR) is 107 cm³/mol. The van der Waals surface area contributed by atoms with Gasteiger partial charge in [0.25, 0.3) is 0 Å². The van der Waals surface area contributed by atoms with E-state index in [0.29, 0.717) is 6.04 Å². The molecule has 1 aromatic heterocycles. The second-order valence-corrected chi connectivity index (χ2v) is 8.75. The molecule has 3 aliphatic heterocycles. The number of aromatic nitrogens is 1. The standard InChI is InChI=1S/C23H30N2O2/c1-3-4-11-23-12-7-13-24-14-10-17-16-8-5-6-9-18(16)25(20(17)21(23)24)19(15-23)22(26)27-2/h5-6,8-9,19,21H,3-4,7,10-15H2,1-2H3/t19?,21-,23+/m0/s1. The maximum absolute atomic E-state index is 12.9. The van der Waals surface area contributed by atoms with Crippen molar-refractivity contribution in [3.05, 3.63) is 35.5 Å². The summed E-state index contributed by atoms with van der Waals surface area (Å²) < 4.78 is 7.67. The van der Waals surface area contributed by atoms with E-state index in [-0.39, 0.29) is 17.4 Å². The maximum Gasteiger partial charge on any atom is 0.328 e. The van der Waals surface area contributed by atoms with Crippen LogP contribution in [-0.2, 0) is 16.0 Å². The van der Waals surface area contributed by atoms with Crippen molar-refractivity contribution >= 4 is 16.9 Å². The van der Waals surface area contributed by atoms with Gasteiger partial charge < -0.3 is 9.30 Å². The quantitative estimate of drug-likeness (QED) is 0.740. The first-order valence-electron chi connectivity index (χ1n) is 10.6. The van der Waals surface area contributed by atoms with Gasteiger partial charge in [-0.05, 0) is 55.7 Å². The smallest absolute Gasteiger partial charge is 0.328 e. The molecule has 2 aromatic rings. The fraction of sp³-hybridized carbons (Fsp3) is 0.609. The van der Waals surface area contributed by atoms with Crippen molar-refractivity contribution < 1.29 is 9.53 Å². The zero-order valence-electron chi connectivity index (χ0n) is 16.5. The van der Waals surface area contributed by atoms with E-state index in [1.807, 2.05) is 0 Å². The molecule has 1 unspecified atom stereocenters. The SMILES string of the molecule is CCCC[C@@]12CCCN3CCc4c(n(c5ccccc45)C(C(=O)OC)C1)[C@H]32. The lowest BCUT2D eigenvalue weighted by Crippen LogP contribution is -2.54. The van der Waals surface area contributed by atoms with E-state index in [9.17, 15) is 4.79 Å². The number of carbonyl (C=O) groups excluding carboxylic acids is 1. The summed E-state index contributed by atoms with van der Waals surface area (Å²) in [6.45, 7) is 4.63. The molecule has 3 aliphatic rings. The molecule has 0 saturated carbocycles.